The summed E-state index contributed by atoms with van der Waals surface area (Å²) in [5.74, 6) is -0.642. The fourth-order valence-electron chi connectivity index (χ4n) is 3.58. The van der Waals surface area contributed by atoms with E-state index in [1.54, 1.807) is 16.7 Å². The van der Waals surface area contributed by atoms with Gasteiger partial charge in [-0.25, -0.2) is 0 Å². The van der Waals surface area contributed by atoms with Gasteiger partial charge >= 0.3 is 5.97 Å². The number of piperidine rings is 1. The van der Waals surface area contributed by atoms with E-state index < -0.39 is 6.04 Å². The summed E-state index contributed by atoms with van der Waals surface area (Å²) in [4.78, 5) is 39.9. The van der Waals surface area contributed by atoms with Gasteiger partial charge in [-0.05, 0) is 38.5 Å². The van der Waals surface area contributed by atoms with Crippen molar-refractivity contribution in [2.45, 2.75) is 57.5 Å². The second-order valence-electron chi connectivity index (χ2n) is 7.77. The number of esters is 1. The van der Waals surface area contributed by atoms with Crippen molar-refractivity contribution in [1.82, 2.24) is 15.1 Å². The normalized spacial score (nSPS) is 18.6. The lowest BCUT2D eigenvalue weighted by Gasteiger charge is -2.33. The molecule has 1 saturated carbocycles. The van der Waals surface area contributed by atoms with E-state index in [0.29, 0.717) is 19.7 Å². The number of carbonyl (C=O) groups is 3. The molecule has 0 aromatic heterocycles. The maximum Gasteiger partial charge on any atom is 0.307 e. The Morgan fingerprint density at radius 3 is 2.52 bits per heavy atom. The minimum atomic E-state index is -0.933. The molecule has 6 N–H and O–H groups in total. The molecule has 2 rings (SSSR count). The van der Waals surface area contributed by atoms with E-state index >= 15 is 0 Å². The van der Waals surface area contributed by atoms with Crippen LogP contribution >= 0.6 is 24.8 Å². The zero-order chi connectivity index (χ0) is 21.4. The average Bonchev–Trinajstić information content (AvgIpc) is 3.52. The van der Waals surface area contributed by atoms with Crippen LogP contribution in [0.1, 0.15) is 45.4 Å². The highest BCUT2D eigenvalue weighted by Crippen LogP contribution is 2.27. The molecular formula is C19H36Cl2N6O4. The van der Waals surface area contributed by atoms with Crippen LogP contribution in [0.2, 0.25) is 0 Å². The molecule has 0 radical (unpaired) electrons. The highest BCUT2D eigenvalue weighted by molar-refractivity contribution is 5.88. The summed E-state index contributed by atoms with van der Waals surface area (Å²) >= 11 is 0. The third kappa shape index (κ3) is 9.92. The van der Waals surface area contributed by atoms with Crippen LogP contribution in [0.5, 0.6) is 0 Å². The van der Waals surface area contributed by atoms with Crippen LogP contribution in [0.25, 0.3) is 0 Å². The number of rotatable bonds is 10. The molecule has 0 bridgehead atoms. The van der Waals surface area contributed by atoms with Gasteiger partial charge in [0.05, 0.1) is 25.5 Å². The third-order valence-corrected chi connectivity index (χ3v) is 5.30. The molecule has 12 heteroatoms. The Balaban J connectivity index is 0.00000450. The molecule has 2 amide bonds. The first kappa shape index (κ1) is 29.2. The monoisotopic (exact) mass is 482 g/mol. The summed E-state index contributed by atoms with van der Waals surface area (Å²) in [6.45, 7) is 4.19. The van der Waals surface area contributed by atoms with Gasteiger partial charge in [0.25, 0.3) is 0 Å². The van der Waals surface area contributed by atoms with Gasteiger partial charge in [0, 0.05) is 32.2 Å². The maximum absolute atomic E-state index is 12.7. The maximum atomic E-state index is 12.7. The predicted octanol–water partition coefficient (Wildman–Crippen LogP) is 0.213. The molecule has 0 aromatic rings. The van der Waals surface area contributed by atoms with E-state index in [1.807, 2.05) is 0 Å². The van der Waals surface area contributed by atoms with Crippen molar-refractivity contribution in [3.63, 3.8) is 0 Å². The SMILES string of the molecule is CCOC(=O)CCN(C(=O)[C@@H](N)CC(=O)NC[C@@H]1CCCN(C(=N)N)C1)C1CC1.Cl.Cl. The number of guanidine groups is 1. The van der Waals surface area contributed by atoms with Crippen LogP contribution in [0.15, 0.2) is 0 Å². The Morgan fingerprint density at radius 2 is 1.94 bits per heavy atom. The minimum absolute atomic E-state index is 0. The first-order chi connectivity index (χ1) is 13.8. The second-order valence-corrected chi connectivity index (χ2v) is 7.77. The van der Waals surface area contributed by atoms with Crippen LogP contribution in [0.3, 0.4) is 0 Å². The third-order valence-electron chi connectivity index (χ3n) is 5.30. The number of halogens is 2. The standard InChI is InChI=1S/C19H34N6O4.2ClH/c1-2-29-17(27)7-9-25(14-5-6-14)18(28)15(20)10-16(26)23-11-13-4-3-8-24(12-13)19(21)22;;/h13-15H,2-12,20H2,1H3,(H3,21,22)(H,23,26);2*1H/t13-,15-;;/m0../s1. The molecule has 1 aliphatic carbocycles. The molecule has 180 valence electrons. The zero-order valence-corrected chi connectivity index (χ0v) is 19.6. The van der Waals surface area contributed by atoms with Gasteiger partial charge in [-0.3, -0.25) is 19.8 Å². The van der Waals surface area contributed by atoms with E-state index in [2.05, 4.69) is 5.32 Å². The van der Waals surface area contributed by atoms with Crippen molar-refractivity contribution in [3.05, 3.63) is 0 Å². The molecule has 2 atom stereocenters. The van der Waals surface area contributed by atoms with Crippen molar-refractivity contribution in [3.8, 4) is 0 Å². The molecule has 2 fully saturated rings. The lowest BCUT2D eigenvalue weighted by Crippen LogP contribution is -2.49. The van der Waals surface area contributed by atoms with Crippen LogP contribution in [-0.4, -0.2) is 78.4 Å². The van der Waals surface area contributed by atoms with Gasteiger partial charge < -0.3 is 31.3 Å². The summed E-state index contributed by atoms with van der Waals surface area (Å²) in [5, 5.41) is 10.4. The Bertz CT molecular complexity index is 620. The summed E-state index contributed by atoms with van der Waals surface area (Å²) in [5.41, 5.74) is 11.5. The summed E-state index contributed by atoms with van der Waals surface area (Å²) in [6.07, 6.45) is 3.70. The van der Waals surface area contributed by atoms with Crippen LogP contribution in [0.4, 0.5) is 0 Å². The number of likely N-dealkylation sites (tertiary alicyclic amines) is 1. The molecule has 1 heterocycles. The van der Waals surface area contributed by atoms with Crippen molar-refractivity contribution in [2.75, 3.05) is 32.8 Å². The topological polar surface area (TPSA) is 155 Å². The number of hydrogen-bond donors (Lipinski definition) is 4. The largest absolute Gasteiger partial charge is 0.466 e. The average molecular weight is 483 g/mol. The van der Waals surface area contributed by atoms with Gasteiger partial charge in [0.15, 0.2) is 5.96 Å². The summed E-state index contributed by atoms with van der Waals surface area (Å²) < 4.78 is 4.91. The van der Waals surface area contributed by atoms with Gasteiger partial charge in [-0.15, -0.1) is 24.8 Å². The van der Waals surface area contributed by atoms with Crippen molar-refractivity contribution >= 4 is 48.6 Å². The minimum Gasteiger partial charge on any atom is -0.466 e. The van der Waals surface area contributed by atoms with Gasteiger partial charge in [0.1, 0.15) is 0 Å². The second kappa shape index (κ2) is 14.3. The summed E-state index contributed by atoms with van der Waals surface area (Å²) in [7, 11) is 0. The predicted molar refractivity (Wildman–Crippen MR) is 122 cm³/mol. The molecule has 31 heavy (non-hydrogen) atoms. The number of amides is 2. The van der Waals surface area contributed by atoms with Crippen LogP contribution < -0.4 is 16.8 Å². The summed E-state index contributed by atoms with van der Waals surface area (Å²) in [6, 6.07) is -0.830. The van der Waals surface area contributed by atoms with Crippen molar-refractivity contribution < 1.29 is 19.1 Å². The molecule has 2 aliphatic rings. The smallest absolute Gasteiger partial charge is 0.307 e. The van der Waals surface area contributed by atoms with Gasteiger partial charge in [-0.2, -0.15) is 0 Å². The van der Waals surface area contributed by atoms with Crippen molar-refractivity contribution in [2.24, 2.45) is 17.4 Å². The number of nitrogens with zero attached hydrogens (tertiary/aromatic N) is 2. The molecule has 1 aliphatic heterocycles. The molecule has 0 spiro atoms. The fourth-order valence-corrected chi connectivity index (χ4v) is 3.58. The van der Waals surface area contributed by atoms with Gasteiger partial charge in [0.2, 0.25) is 11.8 Å². The van der Waals surface area contributed by atoms with Gasteiger partial charge in [-0.1, -0.05) is 0 Å². The Hall–Kier alpha value is -1.78. The number of nitrogens with one attached hydrogen (secondary N) is 2. The molecular weight excluding hydrogens is 447 g/mol. The Kier molecular flexibility index (Phi) is 13.5. The van der Waals surface area contributed by atoms with Crippen molar-refractivity contribution in [1.29, 1.82) is 5.41 Å². The van der Waals surface area contributed by atoms with E-state index in [9.17, 15) is 14.4 Å². The zero-order valence-electron chi connectivity index (χ0n) is 18.0. The van der Waals surface area contributed by atoms with E-state index in [4.69, 9.17) is 21.6 Å². The molecule has 1 saturated heterocycles. The first-order valence-electron chi connectivity index (χ1n) is 10.4. The van der Waals surface area contributed by atoms with Crippen LogP contribution in [-0.2, 0) is 19.1 Å². The Morgan fingerprint density at radius 1 is 1.26 bits per heavy atom. The number of hydrogen-bond acceptors (Lipinski definition) is 6. The van der Waals surface area contributed by atoms with E-state index in [-0.39, 0.29) is 79.9 Å². The lowest BCUT2D eigenvalue weighted by molar-refractivity contribution is -0.144. The quantitative estimate of drug-likeness (QED) is 0.197. The molecule has 0 unspecified atom stereocenters. The fraction of sp³-hybridized carbons (Fsp3) is 0.789. The molecule has 0 aromatic carbocycles. The Labute approximate surface area is 196 Å². The lowest BCUT2D eigenvalue weighted by atomic mass is 9.98. The van der Waals surface area contributed by atoms with E-state index in [1.165, 1.54) is 0 Å². The number of ether oxygens (including phenoxy) is 1. The number of nitrogens with two attached hydrogens (primary N) is 2. The van der Waals surface area contributed by atoms with E-state index in [0.717, 1.165) is 32.2 Å². The highest BCUT2D eigenvalue weighted by Gasteiger charge is 2.35. The first-order valence-corrected chi connectivity index (χ1v) is 10.4. The highest BCUT2D eigenvalue weighted by atomic mass is 35.5. The number of carbonyl (C=O) groups excluding carboxylic acids is 3. The molecule has 10 nitrogen and oxygen atoms in total. The van der Waals surface area contributed by atoms with Crippen LogP contribution in [0, 0.1) is 11.3 Å².